The van der Waals surface area contributed by atoms with Crippen molar-refractivity contribution >= 4 is 5.91 Å². The van der Waals surface area contributed by atoms with Crippen LogP contribution < -0.4 is 5.32 Å². The van der Waals surface area contributed by atoms with Crippen LogP contribution in [0.4, 0.5) is 0 Å². The number of ether oxygens (including phenoxy) is 6. The van der Waals surface area contributed by atoms with Gasteiger partial charge in [0.2, 0.25) is 5.91 Å². The standard InChI is InChI=1S/C59H111NO18/c1-3-5-7-9-11-13-15-17-19-20-21-23-25-27-29-31-33-35-37-47(65)60-42(43(64)36-34-32-30-28-26-24-22-18-16-14-12-10-8-6-4-2)41-73-57-53(71)50(68)55(45(39-62)75-57)78-59-54(72)51(69)56(46(40-63)76-59)77-58-52(70)49(67)48(66)44(38-61)74-58/h34,36,42-46,48-59,61-64,66-72H,3-33,35,37-41H2,1-2H3,(H,60,65)/b36-34+. The highest BCUT2D eigenvalue weighted by atomic mass is 16.8. The first kappa shape index (κ1) is 70.8. The number of hydrogen-bond acceptors (Lipinski definition) is 18. The number of unbranched alkanes of at least 4 members (excludes halogenated alkanes) is 30. The predicted molar refractivity (Wildman–Crippen MR) is 296 cm³/mol. The van der Waals surface area contributed by atoms with E-state index in [9.17, 15) is 61.0 Å². The molecular formula is C59H111NO18. The molecule has 0 aromatic carbocycles. The lowest BCUT2D eigenvalue weighted by Crippen LogP contribution is -2.66. The lowest BCUT2D eigenvalue weighted by atomic mass is 9.96. The van der Waals surface area contributed by atoms with E-state index in [4.69, 9.17) is 28.4 Å². The Bertz CT molecular complexity index is 1480. The van der Waals surface area contributed by atoms with Gasteiger partial charge in [-0.25, -0.2) is 0 Å². The van der Waals surface area contributed by atoms with Crippen molar-refractivity contribution in [3.05, 3.63) is 12.2 Å². The summed E-state index contributed by atoms with van der Waals surface area (Å²) in [5.41, 5.74) is 0. The normalized spacial score (nSPS) is 30.5. The molecule has 19 nitrogen and oxygen atoms in total. The van der Waals surface area contributed by atoms with E-state index in [1.807, 2.05) is 6.08 Å². The number of rotatable bonds is 46. The Balaban J connectivity index is 1.49. The number of nitrogens with one attached hydrogen (secondary N) is 1. The molecule has 3 saturated heterocycles. The van der Waals surface area contributed by atoms with E-state index < -0.39 is 124 Å². The van der Waals surface area contributed by atoms with E-state index in [1.54, 1.807) is 6.08 Å². The van der Waals surface area contributed by atoms with E-state index in [-0.39, 0.29) is 18.9 Å². The van der Waals surface area contributed by atoms with E-state index in [0.717, 1.165) is 44.9 Å². The van der Waals surface area contributed by atoms with Gasteiger partial charge in [-0.3, -0.25) is 4.79 Å². The molecule has 0 bridgehead atoms. The van der Waals surface area contributed by atoms with Crippen LogP contribution in [0.15, 0.2) is 12.2 Å². The van der Waals surface area contributed by atoms with Crippen LogP contribution in [0.5, 0.6) is 0 Å². The lowest BCUT2D eigenvalue weighted by molar-refractivity contribution is -0.379. The van der Waals surface area contributed by atoms with Crippen LogP contribution in [0.1, 0.15) is 226 Å². The van der Waals surface area contributed by atoms with Crippen LogP contribution in [-0.4, -0.2) is 193 Å². The zero-order valence-corrected chi connectivity index (χ0v) is 47.9. The first-order chi connectivity index (χ1) is 37.8. The third kappa shape index (κ3) is 26.8. The monoisotopic (exact) mass is 1120 g/mol. The second-order valence-corrected chi connectivity index (χ2v) is 22.5. The largest absolute Gasteiger partial charge is 0.394 e. The fourth-order valence-corrected chi connectivity index (χ4v) is 10.7. The molecule has 3 fully saturated rings. The highest BCUT2D eigenvalue weighted by Gasteiger charge is 2.53. The Kier molecular flexibility index (Phi) is 39.2. The van der Waals surface area contributed by atoms with Crippen molar-refractivity contribution in [2.45, 2.75) is 330 Å². The Hall–Kier alpha value is -1.47. The van der Waals surface area contributed by atoms with E-state index in [2.05, 4.69) is 19.2 Å². The van der Waals surface area contributed by atoms with Crippen LogP contribution >= 0.6 is 0 Å². The van der Waals surface area contributed by atoms with Crippen LogP contribution in [0.3, 0.4) is 0 Å². The number of aliphatic hydroxyl groups is 11. The van der Waals surface area contributed by atoms with Crippen molar-refractivity contribution in [2.75, 3.05) is 26.4 Å². The molecule has 3 heterocycles. The van der Waals surface area contributed by atoms with Crippen LogP contribution in [0.2, 0.25) is 0 Å². The number of aliphatic hydroxyl groups excluding tert-OH is 11. The van der Waals surface area contributed by atoms with Crippen LogP contribution in [-0.2, 0) is 33.2 Å². The zero-order valence-electron chi connectivity index (χ0n) is 47.9. The Morgan fingerprint density at radius 2 is 0.795 bits per heavy atom. The first-order valence-electron chi connectivity index (χ1n) is 30.9. The molecule has 460 valence electrons. The SMILES string of the molecule is CCCCCCCCCCCCCCC/C=C/C(O)C(COC1OC(CO)C(OC2OC(CO)C(OC3OC(CO)C(O)C(O)C3O)C(O)C2O)C(O)C1O)NC(=O)CCCCCCCCCCCCCCCCCCCC. The minimum absolute atomic E-state index is 0.249. The van der Waals surface area contributed by atoms with E-state index >= 15 is 0 Å². The number of hydrogen-bond donors (Lipinski definition) is 12. The van der Waals surface area contributed by atoms with Crippen molar-refractivity contribution in [1.29, 1.82) is 0 Å². The Morgan fingerprint density at radius 1 is 0.449 bits per heavy atom. The Labute approximate surface area is 467 Å². The molecule has 0 spiro atoms. The second kappa shape index (κ2) is 43.2. The van der Waals surface area contributed by atoms with Gasteiger partial charge in [-0.1, -0.05) is 212 Å². The summed E-state index contributed by atoms with van der Waals surface area (Å²) in [7, 11) is 0. The highest BCUT2D eigenvalue weighted by molar-refractivity contribution is 5.76. The molecule has 0 aromatic heterocycles. The van der Waals surface area contributed by atoms with Crippen molar-refractivity contribution < 1.29 is 89.4 Å². The van der Waals surface area contributed by atoms with Gasteiger partial charge >= 0.3 is 0 Å². The summed E-state index contributed by atoms with van der Waals surface area (Å²) in [5, 5.41) is 120. The molecule has 3 rings (SSSR count). The summed E-state index contributed by atoms with van der Waals surface area (Å²) < 4.78 is 34.3. The molecule has 0 radical (unpaired) electrons. The maximum absolute atomic E-state index is 13.3. The van der Waals surface area contributed by atoms with Gasteiger partial charge in [0.1, 0.15) is 73.2 Å². The first-order valence-corrected chi connectivity index (χ1v) is 30.9. The van der Waals surface area contributed by atoms with Gasteiger partial charge in [0, 0.05) is 6.42 Å². The third-order valence-electron chi connectivity index (χ3n) is 15.8. The minimum atomic E-state index is -1.97. The molecule has 19 heteroatoms. The zero-order chi connectivity index (χ0) is 56.9. The van der Waals surface area contributed by atoms with Gasteiger partial charge in [0.25, 0.3) is 0 Å². The fourth-order valence-electron chi connectivity index (χ4n) is 10.7. The summed E-state index contributed by atoms with van der Waals surface area (Å²) in [6.07, 6.45) is 16.1. The van der Waals surface area contributed by atoms with E-state index in [0.29, 0.717) is 6.42 Å². The smallest absolute Gasteiger partial charge is 0.220 e. The lowest BCUT2D eigenvalue weighted by Gasteiger charge is -2.48. The summed E-state index contributed by atoms with van der Waals surface area (Å²) in [4.78, 5) is 13.3. The molecule has 0 aliphatic carbocycles. The topological polar surface area (TPSA) is 307 Å². The minimum Gasteiger partial charge on any atom is -0.394 e. The molecule has 3 aliphatic rings. The van der Waals surface area contributed by atoms with Crippen molar-refractivity contribution in [3.63, 3.8) is 0 Å². The molecular weight excluding hydrogens is 1010 g/mol. The van der Waals surface area contributed by atoms with Crippen LogP contribution in [0.25, 0.3) is 0 Å². The fraction of sp³-hybridized carbons (Fsp3) is 0.949. The number of carbonyl (C=O) groups is 1. The Morgan fingerprint density at radius 3 is 1.21 bits per heavy atom. The van der Waals surface area contributed by atoms with Gasteiger partial charge < -0.3 is 89.9 Å². The van der Waals surface area contributed by atoms with Crippen molar-refractivity contribution in [3.8, 4) is 0 Å². The molecule has 0 aromatic rings. The average molecular weight is 1120 g/mol. The van der Waals surface area contributed by atoms with Gasteiger partial charge in [0.05, 0.1) is 38.6 Å². The highest BCUT2D eigenvalue weighted by Crippen LogP contribution is 2.33. The number of carbonyl (C=O) groups excluding carboxylic acids is 1. The van der Waals surface area contributed by atoms with Crippen molar-refractivity contribution in [2.24, 2.45) is 0 Å². The molecule has 3 aliphatic heterocycles. The second-order valence-electron chi connectivity index (χ2n) is 22.5. The van der Waals surface area contributed by atoms with E-state index in [1.165, 1.54) is 154 Å². The summed E-state index contributed by atoms with van der Waals surface area (Å²) >= 11 is 0. The predicted octanol–water partition coefficient (Wildman–Crippen LogP) is 5.77. The van der Waals surface area contributed by atoms with Crippen LogP contribution in [0, 0.1) is 0 Å². The summed E-state index contributed by atoms with van der Waals surface area (Å²) in [6, 6.07) is -0.966. The van der Waals surface area contributed by atoms with Crippen molar-refractivity contribution in [1.82, 2.24) is 5.32 Å². The molecule has 12 N–H and O–H groups in total. The molecule has 1 amide bonds. The summed E-state index contributed by atoms with van der Waals surface area (Å²) in [6.45, 7) is 1.74. The number of amides is 1. The van der Waals surface area contributed by atoms with Gasteiger partial charge in [-0.2, -0.15) is 0 Å². The molecule has 17 atom stereocenters. The number of allylic oxidation sites excluding steroid dienone is 1. The average Bonchev–Trinajstić information content (AvgIpc) is 3.48. The molecule has 78 heavy (non-hydrogen) atoms. The maximum Gasteiger partial charge on any atom is 0.220 e. The van der Waals surface area contributed by atoms with Gasteiger partial charge in [0.15, 0.2) is 18.9 Å². The molecule has 0 saturated carbocycles. The molecule has 17 unspecified atom stereocenters. The van der Waals surface area contributed by atoms with Gasteiger partial charge in [-0.15, -0.1) is 0 Å². The quantitative estimate of drug-likeness (QED) is 0.0254. The van der Waals surface area contributed by atoms with Gasteiger partial charge in [-0.05, 0) is 19.3 Å². The summed E-state index contributed by atoms with van der Waals surface area (Å²) in [5.74, 6) is -0.272. The maximum atomic E-state index is 13.3. The third-order valence-corrected chi connectivity index (χ3v) is 15.8.